The summed E-state index contributed by atoms with van der Waals surface area (Å²) in [6, 6.07) is 0. The molecule has 0 fully saturated rings. The second kappa shape index (κ2) is 4.73. The Bertz CT molecular complexity index is 280. The Morgan fingerprint density at radius 2 is 2.27 bits per heavy atom. The molecule has 0 radical (unpaired) electrons. The Morgan fingerprint density at radius 1 is 1.60 bits per heavy atom. The molecular weight excluding hydrogens is 188 g/mol. The van der Waals surface area contributed by atoms with Crippen LogP contribution in [0.5, 0.6) is 0 Å². The fourth-order valence-electron chi connectivity index (χ4n) is 2.24. The van der Waals surface area contributed by atoms with Gasteiger partial charge in [0.2, 0.25) is 0 Å². The summed E-state index contributed by atoms with van der Waals surface area (Å²) in [4.78, 5) is 22.2. The zero-order valence-electron chi connectivity index (χ0n) is 9.82. The second-order valence-corrected chi connectivity index (χ2v) is 4.90. The average Bonchev–Trinajstić information content (AvgIpc) is 2.20. The van der Waals surface area contributed by atoms with E-state index in [1.807, 2.05) is 6.92 Å². The maximum Gasteiger partial charge on any atom is 0.129 e. The number of allylic oxidation sites excluding steroid dienone is 2. The van der Waals surface area contributed by atoms with E-state index in [9.17, 15) is 9.59 Å². The lowest BCUT2D eigenvalue weighted by Gasteiger charge is -2.39. The van der Waals surface area contributed by atoms with Crippen molar-refractivity contribution in [2.45, 2.75) is 40.0 Å². The van der Waals surface area contributed by atoms with Crippen LogP contribution < -0.4 is 0 Å². The maximum absolute atomic E-state index is 11.2. The molecule has 0 amide bonds. The summed E-state index contributed by atoms with van der Waals surface area (Å²) in [5.41, 5.74) is -0.287. The maximum atomic E-state index is 11.2. The van der Waals surface area contributed by atoms with Gasteiger partial charge in [0.05, 0.1) is 0 Å². The molecule has 0 spiro atoms. The minimum Gasteiger partial charge on any atom is -0.303 e. The molecule has 0 aromatic carbocycles. The zero-order valence-corrected chi connectivity index (χ0v) is 9.82. The van der Waals surface area contributed by atoms with Gasteiger partial charge in [-0.3, -0.25) is 0 Å². The summed E-state index contributed by atoms with van der Waals surface area (Å²) in [7, 11) is 0. The van der Waals surface area contributed by atoms with E-state index in [1.54, 1.807) is 6.92 Å². The molecule has 2 nitrogen and oxygen atoms in total. The highest BCUT2D eigenvalue weighted by atomic mass is 16.1. The van der Waals surface area contributed by atoms with Crippen LogP contribution in [0.1, 0.15) is 40.0 Å². The van der Waals surface area contributed by atoms with Crippen molar-refractivity contribution in [1.82, 2.24) is 0 Å². The van der Waals surface area contributed by atoms with Gasteiger partial charge in [-0.15, -0.1) is 0 Å². The SMILES string of the molecule is CC(=O)CC[C@H]1C=CC[C@H](C)[C@@]1(C)C=O. The van der Waals surface area contributed by atoms with Crippen LogP contribution in [0.15, 0.2) is 12.2 Å². The largest absolute Gasteiger partial charge is 0.303 e. The van der Waals surface area contributed by atoms with E-state index in [0.29, 0.717) is 12.3 Å². The third kappa shape index (κ3) is 2.55. The number of rotatable bonds is 4. The molecule has 15 heavy (non-hydrogen) atoms. The lowest BCUT2D eigenvalue weighted by Crippen LogP contribution is -2.37. The molecule has 0 saturated heterocycles. The minimum atomic E-state index is -0.287. The Morgan fingerprint density at radius 3 is 2.80 bits per heavy atom. The van der Waals surface area contributed by atoms with Crippen LogP contribution >= 0.6 is 0 Å². The highest BCUT2D eigenvalue weighted by molar-refractivity contribution is 5.75. The molecule has 0 aromatic heterocycles. The summed E-state index contributed by atoms with van der Waals surface area (Å²) >= 11 is 0. The molecule has 84 valence electrons. The lowest BCUT2D eigenvalue weighted by molar-refractivity contribution is -0.122. The number of Topliss-reactive ketones (excluding diaryl/α,β-unsaturated/α-hetero) is 1. The van der Waals surface area contributed by atoms with Gasteiger partial charge in [-0.05, 0) is 31.6 Å². The quantitative estimate of drug-likeness (QED) is 0.526. The molecule has 1 aliphatic rings. The van der Waals surface area contributed by atoms with Gasteiger partial charge in [-0.2, -0.15) is 0 Å². The van der Waals surface area contributed by atoms with Crippen LogP contribution in [0.2, 0.25) is 0 Å². The van der Waals surface area contributed by atoms with Crippen LogP contribution in [0.4, 0.5) is 0 Å². The first kappa shape index (κ1) is 12.2. The van der Waals surface area contributed by atoms with E-state index in [0.717, 1.165) is 19.1 Å². The summed E-state index contributed by atoms with van der Waals surface area (Å²) < 4.78 is 0. The van der Waals surface area contributed by atoms with Crippen molar-refractivity contribution in [3.8, 4) is 0 Å². The molecule has 2 heteroatoms. The standard InChI is InChI=1S/C13H20O2/c1-10-5-4-6-12(8-7-11(2)15)13(10,3)9-14/h4,6,9-10,12H,5,7-8H2,1-3H3/t10-,12+,13+/m0/s1. The van der Waals surface area contributed by atoms with Crippen molar-refractivity contribution >= 4 is 12.1 Å². The minimum absolute atomic E-state index is 0.204. The van der Waals surface area contributed by atoms with E-state index in [2.05, 4.69) is 19.1 Å². The number of aldehydes is 1. The molecule has 0 N–H and O–H groups in total. The average molecular weight is 208 g/mol. The summed E-state index contributed by atoms with van der Waals surface area (Å²) in [6.45, 7) is 5.73. The molecule has 0 aromatic rings. The second-order valence-electron chi connectivity index (χ2n) is 4.90. The van der Waals surface area contributed by atoms with E-state index < -0.39 is 0 Å². The van der Waals surface area contributed by atoms with Crippen LogP contribution in [-0.4, -0.2) is 12.1 Å². The molecule has 0 aliphatic heterocycles. The number of ketones is 1. The third-order valence-electron chi connectivity index (χ3n) is 3.78. The zero-order chi connectivity index (χ0) is 11.5. The fraction of sp³-hybridized carbons (Fsp3) is 0.692. The van der Waals surface area contributed by atoms with E-state index >= 15 is 0 Å². The van der Waals surface area contributed by atoms with Crippen molar-refractivity contribution in [3.63, 3.8) is 0 Å². The summed E-state index contributed by atoms with van der Waals surface area (Å²) in [5.74, 6) is 0.800. The van der Waals surface area contributed by atoms with Crippen LogP contribution in [0.25, 0.3) is 0 Å². The Labute approximate surface area is 91.7 Å². The topological polar surface area (TPSA) is 34.1 Å². The van der Waals surface area contributed by atoms with Gasteiger partial charge < -0.3 is 9.59 Å². The molecular formula is C13H20O2. The van der Waals surface area contributed by atoms with E-state index in [1.165, 1.54) is 0 Å². The van der Waals surface area contributed by atoms with Gasteiger partial charge in [-0.25, -0.2) is 0 Å². The first-order valence-corrected chi connectivity index (χ1v) is 5.63. The first-order chi connectivity index (χ1) is 7.00. The smallest absolute Gasteiger partial charge is 0.129 e. The molecule has 0 saturated carbocycles. The predicted octanol–water partition coefficient (Wildman–Crippen LogP) is 2.77. The Kier molecular flexibility index (Phi) is 3.83. The molecule has 0 unspecified atom stereocenters. The first-order valence-electron chi connectivity index (χ1n) is 5.63. The lowest BCUT2D eigenvalue weighted by atomic mass is 9.64. The van der Waals surface area contributed by atoms with Crippen molar-refractivity contribution in [2.24, 2.45) is 17.3 Å². The Hall–Kier alpha value is -0.920. The number of carbonyl (C=O) groups is 2. The van der Waals surface area contributed by atoms with E-state index in [-0.39, 0.29) is 17.1 Å². The molecule has 0 bridgehead atoms. The van der Waals surface area contributed by atoms with Crippen molar-refractivity contribution in [2.75, 3.05) is 0 Å². The molecule has 1 rings (SSSR count). The molecule has 0 heterocycles. The highest BCUT2D eigenvalue weighted by Crippen LogP contribution is 2.42. The number of hydrogen-bond acceptors (Lipinski definition) is 2. The van der Waals surface area contributed by atoms with Gasteiger partial charge >= 0.3 is 0 Å². The van der Waals surface area contributed by atoms with Gasteiger partial charge in [0, 0.05) is 11.8 Å². The fourth-order valence-corrected chi connectivity index (χ4v) is 2.24. The van der Waals surface area contributed by atoms with Crippen molar-refractivity contribution in [1.29, 1.82) is 0 Å². The van der Waals surface area contributed by atoms with Crippen molar-refractivity contribution in [3.05, 3.63) is 12.2 Å². The van der Waals surface area contributed by atoms with E-state index in [4.69, 9.17) is 0 Å². The number of hydrogen-bond donors (Lipinski definition) is 0. The van der Waals surface area contributed by atoms with Gasteiger partial charge in [0.25, 0.3) is 0 Å². The monoisotopic (exact) mass is 208 g/mol. The van der Waals surface area contributed by atoms with Crippen LogP contribution in [0.3, 0.4) is 0 Å². The normalized spacial score (nSPS) is 35.1. The summed E-state index contributed by atoms with van der Waals surface area (Å²) in [5, 5.41) is 0. The summed E-state index contributed by atoms with van der Waals surface area (Å²) in [6.07, 6.45) is 7.66. The molecule has 3 atom stereocenters. The van der Waals surface area contributed by atoms with Gasteiger partial charge in [0.15, 0.2) is 0 Å². The Balaban J connectivity index is 2.75. The molecule has 1 aliphatic carbocycles. The number of carbonyl (C=O) groups excluding carboxylic acids is 2. The van der Waals surface area contributed by atoms with Crippen LogP contribution in [0, 0.1) is 17.3 Å². The van der Waals surface area contributed by atoms with Gasteiger partial charge in [0.1, 0.15) is 12.1 Å². The van der Waals surface area contributed by atoms with Crippen LogP contribution in [-0.2, 0) is 9.59 Å². The predicted molar refractivity (Wildman–Crippen MR) is 60.5 cm³/mol. The van der Waals surface area contributed by atoms with Gasteiger partial charge in [-0.1, -0.05) is 26.0 Å². The third-order valence-corrected chi connectivity index (χ3v) is 3.78. The highest BCUT2D eigenvalue weighted by Gasteiger charge is 2.39. The van der Waals surface area contributed by atoms with Crippen molar-refractivity contribution < 1.29 is 9.59 Å².